The fraction of sp³-hybridized carbons (Fsp3) is 0.800. The third-order valence-corrected chi connectivity index (χ3v) is 5.15. The maximum absolute atomic E-state index is 11.5. The van der Waals surface area contributed by atoms with Gasteiger partial charge in [-0.3, -0.25) is 0 Å². The van der Waals surface area contributed by atoms with Crippen LogP contribution in [-0.4, -0.2) is 24.9 Å². The monoisotopic (exact) mass is 245 g/mol. The molecular formula is C10H18AsO2. The van der Waals surface area contributed by atoms with E-state index in [1.54, 1.807) is 0 Å². The van der Waals surface area contributed by atoms with Crippen molar-refractivity contribution in [3.63, 3.8) is 0 Å². The van der Waals surface area contributed by atoms with Crippen molar-refractivity contribution in [2.75, 3.05) is 0 Å². The summed E-state index contributed by atoms with van der Waals surface area (Å²) in [5, 5.41) is 0. The molecule has 0 aliphatic carbocycles. The summed E-state index contributed by atoms with van der Waals surface area (Å²) >= 11 is -0.807. The van der Waals surface area contributed by atoms with Gasteiger partial charge in [-0.15, -0.1) is 0 Å². The van der Waals surface area contributed by atoms with Crippen molar-refractivity contribution in [2.24, 2.45) is 10.8 Å². The van der Waals surface area contributed by atoms with Crippen LogP contribution < -0.4 is 0 Å². The van der Waals surface area contributed by atoms with Gasteiger partial charge in [0.15, 0.2) is 0 Å². The molecular weight excluding hydrogens is 227 g/mol. The summed E-state index contributed by atoms with van der Waals surface area (Å²) < 4.78 is 0.229. The standard InChI is InChI=1S/C10H18AsO2/c1-9(2,3)7(12)11-8(13)10(4,5)6/h1-6H3. The molecule has 0 aliphatic rings. The molecule has 0 bridgehead atoms. The van der Waals surface area contributed by atoms with E-state index in [2.05, 4.69) is 0 Å². The van der Waals surface area contributed by atoms with Crippen molar-refractivity contribution in [3.05, 3.63) is 0 Å². The van der Waals surface area contributed by atoms with Gasteiger partial charge in [-0.2, -0.15) is 0 Å². The van der Waals surface area contributed by atoms with Crippen LogP contribution in [0.1, 0.15) is 41.5 Å². The summed E-state index contributed by atoms with van der Waals surface area (Å²) in [6.45, 7) is 11.2. The van der Waals surface area contributed by atoms with E-state index in [0.29, 0.717) is 0 Å². The number of carbonyl (C=O) groups excluding carboxylic acids is 2. The van der Waals surface area contributed by atoms with Gasteiger partial charge in [-0.25, -0.2) is 0 Å². The normalized spacial score (nSPS) is 12.8. The van der Waals surface area contributed by atoms with Crippen molar-refractivity contribution in [2.45, 2.75) is 41.5 Å². The molecule has 0 fully saturated rings. The zero-order chi connectivity index (χ0) is 10.9. The Morgan fingerprint density at radius 1 is 0.769 bits per heavy atom. The number of hydrogen-bond donors (Lipinski definition) is 0. The summed E-state index contributed by atoms with van der Waals surface area (Å²) in [6, 6.07) is 0. The first-order valence-corrected chi connectivity index (χ1v) is 6.23. The molecule has 1 radical (unpaired) electrons. The molecule has 0 heterocycles. The fourth-order valence-corrected chi connectivity index (χ4v) is 2.22. The van der Waals surface area contributed by atoms with E-state index in [9.17, 15) is 9.59 Å². The molecule has 2 nitrogen and oxygen atoms in total. The van der Waals surface area contributed by atoms with E-state index in [0.717, 1.165) is 0 Å². The molecule has 0 aromatic carbocycles. The van der Waals surface area contributed by atoms with Gasteiger partial charge in [-0.05, 0) is 0 Å². The van der Waals surface area contributed by atoms with E-state index in [1.807, 2.05) is 41.5 Å². The minimum absolute atomic E-state index is 0.115. The average Bonchev–Trinajstić information content (AvgIpc) is 1.82. The molecule has 0 amide bonds. The Balaban J connectivity index is 4.34. The van der Waals surface area contributed by atoms with Crippen molar-refractivity contribution < 1.29 is 9.59 Å². The van der Waals surface area contributed by atoms with E-state index in [1.165, 1.54) is 0 Å². The third kappa shape index (κ3) is 4.61. The van der Waals surface area contributed by atoms with Gasteiger partial charge < -0.3 is 0 Å². The molecule has 0 saturated heterocycles. The fourth-order valence-electron chi connectivity index (χ4n) is 0.428. The van der Waals surface area contributed by atoms with Crippen molar-refractivity contribution in [1.29, 1.82) is 0 Å². The van der Waals surface area contributed by atoms with Crippen LogP contribution in [0, 0.1) is 10.8 Å². The molecule has 0 N–H and O–H groups in total. The zero-order valence-electron chi connectivity index (χ0n) is 9.26. The van der Waals surface area contributed by atoms with Crippen LogP contribution in [0.3, 0.4) is 0 Å². The molecule has 0 aromatic rings. The van der Waals surface area contributed by atoms with Gasteiger partial charge in [0.2, 0.25) is 0 Å². The SMILES string of the molecule is CC(C)(C)C(=O)[As]C(=O)C(C)(C)C. The van der Waals surface area contributed by atoms with Crippen LogP contribution in [0.2, 0.25) is 0 Å². The molecule has 13 heavy (non-hydrogen) atoms. The van der Waals surface area contributed by atoms with Gasteiger partial charge in [0, 0.05) is 0 Å². The second kappa shape index (κ2) is 3.96. The molecule has 0 rings (SSSR count). The number of carbonyl (C=O) groups is 2. The quantitative estimate of drug-likeness (QED) is 0.695. The van der Waals surface area contributed by atoms with Gasteiger partial charge in [-0.1, -0.05) is 0 Å². The molecule has 0 aliphatic heterocycles. The Morgan fingerprint density at radius 3 is 1.15 bits per heavy atom. The van der Waals surface area contributed by atoms with Crippen LogP contribution in [0.25, 0.3) is 0 Å². The van der Waals surface area contributed by atoms with Gasteiger partial charge in [0.1, 0.15) is 0 Å². The predicted octanol–water partition coefficient (Wildman–Crippen LogP) is 1.84. The summed E-state index contributed by atoms with van der Waals surface area (Å²) in [5.74, 6) is 0. The van der Waals surface area contributed by atoms with Crippen LogP contribution in [0.15, 0.2) is 0 Å². The number of hydrogen-bond acceptors (Lipinski definition) is 2. The molecule has 0 aromatic heterocycles. The Labute approximate surface area is 87.2 Å². The van der Waals surface area contributed by atoms with Gasteiger partial charge in [0.05, 0.1) is 0 Å². The molecule has 0 spiro atoms. The third-order valence-electron chi connectivity index (χ3n) is 1.49. The Kier molecular flexibility index (Phi) is 3.93. The van der Waals surface area contributed by atoms with Gasteiger partial charge in [0.25, 0.3) is 0 Å². The van der Waals surface area contributed by atoms with Crippen molar-refractivity contribution in [3.8, 4) is 0 Å². The van der Waals surface area contributed by atoms with Crippen molar-refractivity contribution >= 4 is 24.9 Å². The van der Waals surface area contributed by atoms with E-state index in [-0.39, 0.29) is 20.0 Å². The van der Waals surface area contributed by atoms with Crippen LogP contribution >= 0.6 is 0 Å². The molecule has 75 valence electrons. The molecule has 0 atom stereocenters. The van der Waals surface area contributed by atoms with Crippen LogP contribution in [0.4, 0.5) is 0 Å². The first-order chi connectivity index (χ1) is 5.55. The molecule has 0 unspecified atom stereocenters. The van der Waals surface area contributed by atoms with E-state index >= 15 is 0 Å². The second-order valence-corrected chi connectivity index (χ2v) is 7.40. The minimum atomic E-state index is -0.807. The summed E-state index contributed by atoms with van der Waals surface area (Å²) in [6.07, 6.45) is 0. The summed E-state index contributed by atoms with van der Waals surface area (Å²) in [4.78, 5) is 23.1. The Hall–Kier alpha value is -0.102. The summed E-state index contributed by atoms with van der Waals surface area (Å²) in [7, 11) is 0. The molecule has 0 saturated carbocycles. The zero-order valence-corrected chi connectivity index (χ0v) is 11.1. The maximum atomic E-state index is 11.5. The van der Waals surface area contributed by atoms with Crippen LogP contribution in [0.5, 0.6) is 0 Å². The Bertz CT molecular complexity index is 194. The summed E-state index contributed by atoms with van der Waals surface area (Å²) in [5.41, 5.74) is -0.720. The van der Waals surface area contributed by atoms with Crippen molar-refractivity contribution in [1.82, 2.24) is 0 Å². The Morgan fingerprint density at radius 2 is 1.00 bits per heavy atom. The van der Waals surface area contributed by atoms with E-state index < -0.39 is 15.8 Å². The molecule has 3 heteroatoms. The van der Waals surface area contributed by atoms with Crippen LogP contribution in [-0.2, 0) is 9.59 Å². The number of rotatable bonds is 2. The second-order valence-electron chi connectivity index (χ2n) is 5.22. The first kappa shape index (κ1) is 12.9. The topological polar surface area (TPSA) is 34.1 Å². The van der Waals surface area contributed by atoms with Gasteiger partial charge >= 0.3 is 86.9 Å². The average molecular weight is 245 g/mol. The van der Waals surface area contributed by atoms with E-state index in [4.69, 9.17) is 0 Å². The predicted molar refractivity (Wildman–Crippen MR) is 54.7 cm³/mol. The first-order valence-electron chi connectivity index (χ1n) is 4.36.